The van der Waals surface area contributed by atoms with Crippen molar-refractivity contribution >= 4 is 0 Å². The van der Waals surface area contributed by atoms with E-state index in [0.29, 0.717) is 5.88 Å². The van der Waals surface area contributed by atoms with Crippen LogP contribution in [0.4, 0.5) is 0 Å². The van der Waals surface area contributed by atoms with Crippen molar-refractivity contribution < 1.29 is 4.74 Å². The van der Waals surface area contributed by atoms with Crippen molar-refractivity contribution in [3.05, 3.63) is 18.1 Å². The molecule has 0 aromatic carbocycles. The van der Waals surface area contributed by atoms with Crippen molar-refractivity contribution in [2.24, 2.45) is 23.5 Å². The van der Waals surface area contributed by atoms with E-state index in [2.05, 4.69) is 9.97 Å². The van der Waals surface area contributed by atoms with Gasteiger partial charge in [0, 0.05) is 24.2 Å². The van der Waals surface area contributed by atoms with E-state index in [1.807, 2.05) is 6.07 Å². The Labute approximate surface area is 114 Å². The van der Waals surface area contributed by atoms with Gasteiger partial charge in [0.15, 0.2) is 0 Å². The van der Waals surface area contributed by atoms with Gasteiger partial charge in [-0.25, -0.2) is 9.97 Å². The molecular formula is C15H23N3O. The molecule has 0 saturated heterocycles. The van der Waals surface area contributed by atoms with E-state index < -0.39 is 0 Å². The normalized spacial score (nSPS) is 30.5. The fraction of sp³-hybridized carbons (Fsp3) is 0.733. The van der Waals surface area contributed by atoms with Crippen LogP contribution < -0.4 is 10.5 Å². The van der Waals surface area contributed by atoms with Crippen molar-refractivity contribution in [3.8, 4) is 5.88 Å². The van der Waals surface area contributed by atoms with Gasteiger partial charge in [-0.3, -0.25) is 0 Å². The van der Waals surface area contributed by atoms with Gasteiger partial charge >= 0.3 is 0 Å². The van der Waals surface area contributed by atoms with Crippen molar-refractivity contribution in [1.82, 2.24) is 9.97 Å². The molecule has 2 fully saturated rings. The van der Waals surface area contributed by atoms with Crippen LogP contribution in [0.25, 0.3) is 0 Å². The molecule has 2 saturated carbocycles. The molecule has 4 heteroatoms. The van der Waals surface area contributed by atoms with E-state index in [-0.39, 0.29) is 6.04 Å². The Bertz CT molecular complexity index is 437. The number of nitrogens with zero attached hydrogens (tertiary/aromatic N) is 2. The third kappa shape index (κ3) is 2.89. The van der Waals surface area contributed by atoms with Gasteiger partial charge in [-0.15, -0.1) is 0 Å². The van der Waals surface area contributed by atoms with Gasteiger partial charge in [0.2, 0.25) is 5.88 Å². The summed E-state index contributed by atoms with van der Waals surface area (Å²) in [5, 5.41) is 0. The van der Waals surface area contributed by atoms with Crippen molar-refractivity contribution in [3.63, 3.8) is 0 Å². The molecular weight excluding hydrogens is 238 g/mol. The van der Waals surface area contributed by atoms with E-state index in [0.717, 1.165) is 36.3 Å². The summed E-state index contributed by atoms with van der Waals surface area (Å²) >= 11 is 0. The second kappa shape index (κ2) is 5.45. The zero-order valence-corrected chi connectivity index (χ0v) is 11.6. The van der Waals surface area contributed by atoms with Gasteiger partial charge in [-0.2, -0.15) is 0 Å². The van der Waals surface area contributed by atoms with Gasteiger partial charge in [0.1, 0.15) is 6.33 Å². The minimum Gasteiger partial charge on any atom is -0.481 e. The quantitative estimate of drug-likeness (QED) is 0.882. The molecule has 2 N–H and O–H groups in total. The van der Waals surface area contributed by atoms with E-state index in [9.17, 15) is 0 Å². The standard InChI is InChI=1S/C15H23N3O/c1-19-15-8-14(17-9-18-15)7-13(16)6-12-5-10-2-3-11(12)4-10/h8-13H,2-7,16H2,1H3. The second-order valence-electron chi connectivity index (χ2n) is 6.19. The Morgan fingerprint density at radius 2 is 2.26 bits per heavy atom. The minimum absolute atomic E-state index is 0.212. The van der Waals surface area contributed by atoms with Crippen LogP contribution in [-0.2, 0) is 6.42 Å². The molecule has 0 spiro atoms. The van der Waals surface area contributed by atoms with Crippen molar-refractivity contribution in [2.75, 3.05) is 7.11 Å². The zero-order chi connectivity index (χ0) is 13.2. The Morgan fingerprint density at radius 3 is 2.95 bits per heavy atom. The molecule has 2 aliphatic carbocycles. The lowest BCUT2D eigenvalue weighted by Crippen LogP contribution is -2.28. The van der Waals surface area contributed by atoms with E-state index in [4.69, 9.17) is 10.5 Å². The summed E-state index contributed by atoms with van der Waals surface area (Å²) in [5.74, 6) is 3.44. The molecule has 3 rings (SSSR count). The van der Waals surface area contributed by atoms with E-state index in [1.165, 1.54) is 25.7 Å². The van der Waals surface area contributed by atoms with E-state index in [1.54, 1.807) is 13.4 Å². The third-order valence-electron chi connectivity index (χ3n) is 4.87. The molecule has 4 atom stereocenters. The number of aromatic nitrogens is 2. The number of methoxy groups -OCH3 is 1. The van der Waals surface area contributed by atoms with Crippen LogP contribution >= 0.6 is 0 Å². The molecule has 4 nitrogen and oxygen atoms in total. The predicted molar refractivity (Wildman–Crippen MR) is 73.8 cm³/mol. The summed E-state index contributed by atoms with van der Waals surface area (Å²) in [6.07, 6.45) is 9.28. The topological polar surface area (TPSA) is 61.0 Å². The van der Waals surface area contributed by atoms with Crippen LogP contribution in [0.3, 0.4) is 0 Å². The van der Waals surface area contributed by atoms with Crippen LogP contribution in [0.5, 0.6) is 5.88 Å². The minimum atomic E-state index is 0.212. The van der Waals surface area contributed by atoms with Gasteiger partial charge < -0.3 is 10.5 Å². The highest BCUT2D eigenvalue weighted by Gasteiger charge is 2.39. The van der Waals surface area contributed by atoms with E-state index >= 15 is 0 Å². The largest absolute Gasteiger partial charge is 0.481 e. The van der Waals surface area contributed by atoms with Crippen LogP contribution in [0.15, 0.2) is 12.4 Å². The maximum Gasteiger partial charge on any atom is 0.216 e. The van der Waals surface area contributed by atoms with Gasteiger partial charge in [-0.1, -0.05) is 6.42 Å². The van der Waals surface area contributed by atoms with Crippen LogP contribution in [0.1, 0.15) is 37.8 Å². The number of hydrogen-bond acceptors (Lipinski definition) is 4. The Balaban J connectivity index is 1.54. The fourth-order valence-electron chi connectivity index (χ4n) is 4.01. The molecule has 2 bridgehead atoms. The fourth-order valence-corrected chi connectivity index (χ4v) is 4.01. The highest BCUT2D eigenvalue weighted by atomic mass is 16.5. The summed E-state index contributed by atoms with van der Waals surface area (Å²) in [4.78, 5) is 8.30. The summed E-state index contributed by atoms with van der Waals surface area (Å²) in [5.41, 5.74) is 7.30. The lowest BCUT2D eigenvalue weighted by molar-refractivity contribution is 0.293. The van der Waals surface area contributed by atoms with Crippen LogP contribution in [0.2, 0.25) is 0 Å². The first-order valence-corrected chi connectivity index (χ1v) is 7.35. The van der Waals surface area contributed by atoms with Gasteiger partial charge in [0.05, 0.1) is 7.11 Å². The molecule has 0 radical (unpaired) electrons. The first kappa shape index (κ1) is 12.9. The average molecular weight is 261 g/mol. The molecule has 1 heterocycles. The monoisotopic (exact) mass is 261 g/mol. The van der Waals surface area contributed by atoms with Crippen molar-refractivity contribution in [2.45, 2.75) is 44.6 Å². The van der Waals surface area contributed by atoms with Crippen LogP contribution in [-0.4, -0.2) is 23.1 Å². The molecule has 4 unspecified atom stereocenters. The lowest BCUT2D eigenvalue weighted by Gasteiger charge is -2.24. The lowest BCUT2D eigenvalue weighted by atomic mass is 9.83. The molecule has 0 aliphatic heterocycles. The molecule has 0 amide bonds. The van der Waals surface area contributed by atoms with Crippen LogP contribution in [0, 0.1) is 17.8 Å². The first-order chi connectivity index (χ1) is 9.24. The average Bonchev–Trinajstić information content (AvgIpc) is 3.01. The molecule has 1 aromatic rings. The summed E-state index contributed by atoms with van der Waals surface area (Å²) in [6.45, 7) is 0. The number of ether oxygens (including phenoxy) is 1. The summed E-state index contributed by atoms with van der Waals surface area (Å²) < 4.78 is 5.12. The van der Waals surface area contributed by atoms with Crippen molar-refractivity contribution in [1.29, 1.82) is 0 Å². The summed E-state index contributed by atoms with van der Waals surface area (Å²) in [7, 11) is 1.63. The second-order valence-corrected chi connectivity index (χ2v) is 6.19. The Morgan fingerprint density at radius 1 is 1.37 bits per heavy atom. The smallest absolute Gasteiger partial charge is 0.216 e. The maximum absolute atomic E-state index is 6.31. The zero-order valence-electron chi connectivity index (χ0n) is 11.6. The highest BCUT2D eigenvalue weighted by Crippen LogP contribution is 2.49. The number of nitrogens with two attached hydrogens (primary N) is 1. The molecule has 19 heavy (non-hydrogen) atoms. The molecule has 1 aromatic heterocycles. The molecule has 2 aliphatic rings. The van der Waals surface area contributed by atoms with Gasteiger partial charge in [-0.05, 0) is 43.4 Å². The Hall–Kier alpha value is -1.16. The number of fused-ring (bicyclic) bond motifs is 2. The third-order valence-corrected chi connectivity index (χ3v) is 4.87. The number of hydrogen-bond donors (Lipinski definition) is 1. The number of rotatable bonds is 5. The Kier molecular flexibility index (Phi) is 3.69. The highest BCUT2D eigenvalue weighted by molar-refractivity contribution is 5.14. The summed E-state index contributed by atoms with van der Waals surface area (Å²) in [6, 6.07) is 2.10. The molecule has 104 valence electrons. The maximum atomic E-state index is 6.31. The first-order valence-electron chi connectivity index (χ1n) is 7.35. The van der Waals surface area contributed by atoms with Gasteiger partial charge in [0.25, 0.3) is 0 Å². The predicted octanol–water partition coefficient (Wildman–Crippen LogP) is 2.18. The SMILES string of the molecule is COc1cc(CC(N)CC2CC3CCC2C3)ncn1.